The second kappa shape index (κ2) is 3.36. The van der Waals surface area contributed by atoms with Crippen LogP contribution >= 0.6 is 0 Å². The zero-order chi connectivity index (χ0) is 11.1. The largest absolute Gasteiger partial charge is 0.458 e. The highest BCUT2D eigenvalue weighted by atomic mass is 16.6. The molecule has 0 amide bonds. The molecule has 0 aromatic carbocycles. The Hall–Kier alpha value is -1.32. The molecule has 0 spiro atoms. The first-order valence-corrected chi connectivity index (χ1v) is 5.11. The van der Waals surface area contributed by atoms with Crippen molar-refractivity contribution in [1.29, 1.82) is 0 Å². The van der Waals surface area contributed by atoms with Crippen LogP contribution in [0.15, 0.2) is 12.7 Å². The number of fused-ring (bicyclic) bond motifs is 2. The topological polar surface area (TPSA) is 52.6 Å². The molecule has 2 aliphatic rings. The lowest BCUT2D eigenvalue weighted by atomic mass is 9.80. The van der Waals surface area contributed by atoms with E-state index in [0.29, 0.717) is 12.8 Å². The third-order valence-electron chi connectivity index (χ3n) is 3.26. The third kappa shape index (κ3) is 1.64. The Morgan fingerprint density at radius 3 is 3.13 bits per heavy atom. The number of rotatable bonds is 2. The molecule has 2 bridgehead atoms. The van der Waals surface area contributed by atoms with Gasteiger partial charge in [0.25, 0.3) is 0 Å². The quantitative estimate of drug-likeness (QED) is 0.507. The Kier molecular flexibility index (Phi) is 2.29. The summed E-state index contributed by atoms with van der Waals surface area (Å²) in [4.78, 5) is 22.5. The van der Waals surface area contributed by atoms with Gasteiger partial charge in [0.15, 0.2) is 0 Å². The maximum atomic E-state index is 11.3. The fraction of sp³-hybridized carbons (Fsp3) is 0.636. The van der Waals surface area contributed by atoms with Crippen molar-refractivity contribution >= 4 is 11.9 Å². The van der Waals surface area contributed by atoms with Gasteiger partial charge in [-0.3, -0.25) is 4.79 Å². The number of hydrogen-bond acceptors (Lipinski definition) is 4. The van der Waals surface area contributed by atoms with Crippen molar-refractivity contribution in [3.63, 3.8) is 0 Å². The Morgan fingerprint density at radius 2 is 2.47 bits per heavy atom. The van der Waals surface area contributed by atoms with Gasteiger partial charge in [0.05, 0.1) is 5.92 Å². The van der Waals surface area contributed by atoms with Crippen molar-refractivity contribution in [2.45, 2.75) is 37.9 Å². The molecular formula is C11H14O4. The standard InChI is InChI=1S/C11H14O4/c1-3-9(12)15-11(2)5-4-7-6-8(11)14-10(7)13/h3,7-8H,1,4-6H2,2H3. The summed E-state index contributed by atoms with van der Waals surface area (Å²) >= 11 is 0. The van der Waals surface area contributed by atoms with Gasteiger partial charge < -0.3 is 9.47 Å². The van der Waals surface area contributed by atoms with Gasteiger partial charge in [-0.05, 0) is 19.8 Å². The molecule has 1 saturated carbocycles. The van der Waals surface area contributed by atoms with E-state index in [0.717, 1.165) is 12.5 Å². The maximum absolute atomic E-state index is 11.3. The minimum Gasteiger partial charge on any atom is -0.458 e. The summed E-state index contributed by atoms with van der Waals surface area (Å²) in [6.45, 7) is 5.16. The van der Waals surface area contributed by atoms with Gasteiger partial charge in [0, 0.05) is 12.5 Å². The van der Waals surface area contributed by atoms with E-state index in [1.165, 1.54) is 0 Å². The van der Waals surface area contributed by atoms with Crippen molar-refractivity contribution in [3.05, 3.63) is 12.7 Å². The second-order valence-corrected chi connectivity index (χ2v) is 4.33. The highest BCUT2D eigenvalue weighted by molar-refractivity contribution is 5.82. The van der Waals surface area contributed by atoms with Gasteiger partial charge in [-0.2, -0.15) is 0 Å². The van der Waals surface area contributed by atoms with E-state index in [-0.39, 0.29) is 18.0 Å². The fourth-order valence-corrected chi connectivity index (χ4v) is 2.26. The van der Waals surface area contributed by atoms with Crippen LogP contribution in [0.25, 0.3) is 0 Å². The van der Waals surface area contributed by atoms with Crippen LogP contribution in [-0.2, 0) is 19.1 Å². The average molecular weight is 210 g/mol. The predicted octanol–water partition coefficient (Wildman–Crippen LogP) is 1.20. The highest BCUT2D eigenvalue weighted by Gasteiger charge is 2.52. The molecule has 0 aromatic heterocycles. The first-order chi connectivity index (χ1) is 7.05. The molecule has 1 aliphatic carbocycles. The van der Waals surface area contributed by atoms with Gasteiger partial charge in [-0.1, -0.05) is 6.58 Å². The van der Waals surface area contributed by atoms with Crippen LogP contribution in [0.4, 0.5) is 0 Å². The molecule has 4 heteroatoms. The van der Waals surface area contributed by atoms with Crippen LogP contribution in [-0.4, -0.2) is 23.6 Å². The zero-order valence-electron chi connectivity index (χ0n) is 8.69. The monoisotopic (exact) mass is 210 g/mol. The smallest absolute Gasteiger partial charge is 0.330 e. The van der Waals surface area contributed by atoms with Crippen molar-refractivity contribution in [2.24, 2.45) is 5.92 Å². The molecule has 2 fully saturated rings. The number of carbonyl (C=O) groups is 2. The first kappa shape index (κ1) is 10.2. The molecule has 3 unspecified atom stereocenters. The van der Waals surface area contributed by atoms with Crippen molar-refractivity contribution in [2.75, 3.05) is 0 Å². The maximum Gasteiger partial charge on any atom is 0.330 e. The van der Waals surface area contributed by atoms with E-state index in [9.17, 15) is 9.59 Å². The van der Waals surface area contributed by atoms with Gasteiger partial charge in [0.2, 0.25) is 0 Å². The molecule has 1 aliphatic heterocycles. The first-order valence-electron chi connectivity index (χ1n) is 5.11. The lowest BCUT2D eigenvalue weighted by molar-refractivity contribution is -0.172. The molecule has 82 valence electrons. The van der Waals surface area contributed by atoms with Gasteiger partial charge >= 0.3 is 11.9 Å². The highest BCUT2D eigenvalue weighted by Crippen LogP contribution is 2.42. The van der Waals surface area contributed by atoms with E-state index in [2.05, 4.69) is 6.58 Å². The van der Waals surface area contributed by atoms with Gasteiger partial charge in [0.1, 0.15) is 11.7 Å². The molecule has 0 aromatic rings. The van der Waals surface area contributed by atoms with E-state index >= 15 is 0 Å². The Labute approximate surface area is 88.2 Å². The lowest BCUT2D eigenvalue weighted by Crippen LogP contribution is -2.45. The number of ether oxygens (including phenoxy) is 2. The van der Waals surface area contributed by atoms with Crippen LogP contribution in [0, 0.1) is 5.92 Å². The molecule has 15 heavy (non-hydrogen) atoms. The normalized spacial score (nSPS) is 38.3. The minimum atomic E-state index is -0.673. The molecule has 1 saturated heterocycles. The molecule has 3 atom stereocenters. The van der Waals surface area contributed by atoms with Crippen molar-refractivity contribution < 1.29 is 19.1 Å². The summed E-state index contributed by atoms with van der Waals surface area (Å²) < 4.78 is 10.5. The third-order valence-corrected chi connectivity index (χ3v) is 3.26. The Morgan fingerprint density at radius 1 is 1.73 bits per heavy atom. The summed E-state index contributed by atoms with van der Waals surface area (Å²) in [6.07, 6.45) is 2.92. The molecule has 1 heterocycles. The van der Waals surface area contributed by atoms with Crippen molar-refractivity contribution in [3.8, 4) is 0 Å². The predicted molar refractivity (Wildman–Crippen MR) is 51.9 cm³/mol. The Bertz CT molecular complexity index is 323. The second-order valence-electron chi connectivity index (χ2n) is 4.33. The van der Waals surface area contributed by atoms with Crippen LogP contribution in [0.3, 0.4) is 0 Å². The van der Waals surface area contributed by atoms with E-state index < -0.39 is 11.6 Å². The summed E-state index contributed by atoms with van der Waals surface area (Å²) in [5, 5.41) is 0. The lowest BCUT2D eigenvalue weighted by Gasteiger charge is -2.35. The Balaban J connectivity index is 2.12. The number of carbonyl (C=O) groups excluding carboxylic acids is 2. The zero-order valence-corrected chi connectivity index (χ0v) is 8.69. The minimum absolute atomic E-state index is 0.00510. The summed E-state index contributed by atoms with van der Waals surface area (Å²) in [5.41, 5.74) is -0.673. The summed E-state index contributed by atoms with van der Waals surface area (Å²) in [6, 6.07) is 0. The number of hydrogen-bond donors (Lipinski definition) is 0. The SMILES string of the molecule is C=CC(=O)OC1(C)CCC2CC1OC2=O. The van der Waals surface area contributed by atoms with E-state index in [4.69, 9.17) is 9.47 Å². The van der Waals surface area contributed by atoms with E-state index in [1.807, 2.05) is 6.92 Å². The number of esters is 2. The molecule has 4 nitrogen and oxygen atoms in total. The fourth-order valence-electron chi connectivity index (χ4n) is 2.26. The molecular weight excluding hydrogens is 196 g/mol. The van der Waals surface area contributed by atoms with Crippen LogP contribution in [0.2, 0.25) is 0 Å². The summed E-state index contributed by atoms with van der Waals surface area (Å²) in [5.74, 6) is -0.609. The van der Waals surface area contributed by atoms with Gasteiger partial charge in [-0.25, -0.2) is 4.79 Å². The van der Waals surface area contributed by atoms with Crippen molar-refractivity contribution in [1.82, 2.24) is 0 Å². The summed E-state index contributed by atoms with van der Waals surface area (Å²) in [7, 11) is 0. The molecule has 2 rings (SSSR count). The van der Waals surface area contributed by atoms with Crippen LogP contribution < -0.4 is 0 Å². The molecule has 0 radical (unpaired) electrons. The average Bonchev–Trinajstić information content (AvgIpc) is 2.52. The van der Waals surface area contributed by atoms with Gasteiger partial charge in [-0.15, -0.1) is 0 Å². The van der Waals surface area contributed by atoms with Crippen LogP contribution in [0.5, 0.6) is 0 Å². The van der Waals surface area contributed by atoms with E-state index in [1.54, 1.807) is 0 Å². The van der Waals surface area contributed by atoms with Crippen LogP contribution in [0.1, 0.15) is 26.2 Å². The molecule has 0 N–H and O–H groups in total.